The molecule has 27 heavy (non-hydrogen) atoms. The summed E-state index contributed by atoms with van der Waals surface area (Å²) in [5, 5.41) is 7.99. The summed E-state index contributed by atoms with van der Waals surface area (Å²) < 4.78 is 21.3. The molecule has 4 N–H and O–H groups in total. The molecule has 0 saturated carbocycles. The van der Waals surface area contributed by atoms with Gasteiger partial charge < -0.3 is 10.1 Å². The molecule has 0 bridgehead atoms. The van der Waals surface area contributed by atoms with Crippen LogP contribution in [-0.4, -0.2) is 39.8 Å². The van der Waals surface area contributed by atoms with Crippen molar-refractivity contribution in [3.8, 4) is 11.3 Å². The Kier molecular flexibility index (Phi) is 4.69. The lowest BCUT2D eigenvalue weighted by atomic mass is 10.1. The molecular formula is C18H19FN6O2. The van der Waals surface area contributed by atoms with Crippen LogP contribution >= 0.6 is 0 Å². The van der Waals surface area contributed by atoms with Gasteiger partial charge in [0.25, 0.3) is 5.91 Å². The maximum absolute atomic E-state index is 14.3. The molecule has 2 aromatic heterocycles. The molecule has 8 nitrogen and oxygen atoms in total. The third-order valence-corrected chi connectivity index (χ3v) is 4.58. The Balaban J connectivity index is 1.66. The topological polar surface area (TPSA) is 107 Å². The number of fused-ring (bicyclic) bond motifs is 1. The number of aromatic nitrogens is 3. The number of nitrogens with zero attached hydrogens (tertiary/aromatic N) is 3. The second-order valence-corrected chi connectivity index (χ2v) is 6.33. The third kappa shape index (κ3) is 3.46. The number of hydrogen-bond acceptors (Lipinski definition) is 6. The number of anilines is 1. The molecule has 1 saturated heterocycles. The molecule has 3 aromatic rings. The highest BCUT2D eigenvalue weighted by atomic mass is 19.1. The number of nitrogen functional groups attached to an aromatic ring is 1. The first-order chi connectivity index (χ1) is 13.2. The van der Waals surface area contributed by atoms with Crippen LogP contribution in [-0.2, 0) is 4.74 Å². The quantitative estimate of drug-likeness (QED) is 0.367. The zero-order valence-electron chi connectivity index (χ0n) is 14.5. The van der Waals surface area contributed by atoms with E-state index in [0.717, 1.165) is 26.1 Å². The second kappa shape index (κ2) is 7.29. The molecule has 140 valence electrons. The van der Waals surface area contributed by atoms with Crippen molar-refractivity contribution in [3.05, 3.63) is 47.9 Å². The summed E-state index contributed by atoms with van der Waals surface area (Å²) in [4.78, 5) is 15.9. The van der Waals surface area contributed by atoms with E-state index < -0.39 is 11.7 Å². The maximum atomic E-state index is 14.3. The van der Waals surface area contributed by atoms with Crippen LogP contribution in [0.2, 0.25) is 0 Å². The Morgan fingerprint density at radius 2 is 2.07 bits per heavy atom. The number of carbonyl (C=O) groups excluding carboxylic acids is 1. The molecular weight excluding hydrogens is 351 g/mol. The molecule has 0 atom stereocenters. The zero-order valence-corrected chi connectivity index (χ0v) is 14.5. The van der Waals surface area contributed by atoms with Crippen LogP contribution in [0.5, 0.6) is 0 Å². The normalized spacial score (nSPS) is 15.0. The summed E-state index contributed by atoms with van der Waals surface area (Å²) >= 11 is 0. The summed E-state index contributed by atoms with van der Waals surface area (Å²) in [6, 6.07) is 8.33. The molecule has 0 spiro atoms. The van der Waals surface area contributed by atoms with E-state index in [1.807, 2.05) is 17.6 Å². The average Bonchev–Trinajstić information content (AvgIpc) is 3.11. The van der Waals surface area contributed by atoms with Crippen LogP contribution in [0, 0.1) is 5.82 Å². The number of halogens is 1. The molecule has 0 aliphatic carbocycles. The summed E-state index contributed by atoms with van der Waals surface area (Å²) in [6.07, 6.45) is 3.47. The number of hydrogen-bond donors (Lipinski definition) is 3. The van der Waals surface area contributed by atoms with E-state index in [9.17, 15) is 9.18 Å². The van der Waals surface area contributed by atoms with Gasteiger partial charge in [-0.3, -0.25) is 10.2 Å². The number of nitrogens with two attached hydrogens (primary N) is 1. The van der Waals surface area contributed by atoms with E-state index in [4.69, 9.17) is 10.6 Å². The van der Waals surface area contributed by atoms with Gasteiger partial charge in [0, 0.05) is 24.8 Å². The molecule has 3 heterocycles. The van der Waals surface area contributed by atoms with Crippen molar-refractivity contribution in [2.75, 3.05) is 18.5 Å². The molecule has 0 radical (unpaired) electrons. The van der Waals surface area contributed by atoms with Gasteiger partial charge in [-0.2, -0.15) is 0 Å². The number of ether oxygens (including phenoxy) is 1. The Morgan fingerprint density at radius 3 is 2.81 bits per heavy atom. The highest BCUT2D eigenvalue weighted by Crippen LogP contribution is 2.24. The first-order valence-electron chi connectivity index (χ1n) is 8.65. The monoisotopic (exact) mass is 370 g/mol. The fourth-order valence-corrected chi connectivity index (χ4v) is 3.13. The molecule has 9 heteroatoms. The average molecular weight is 370 g/mol. The van der Waals surface area contributed by atoms with Crippen LogP contribution in [0.25, 0.3) is 16.9 Å². The van der Waals surface area contributed by atoms with Crippen molar-refractivity contribution in [3.63, 3.8) is 0 Å². The summed E-state index contributed by atoms with van der Waals surface area (Å²) in [5.41, 5.74) is 3.63. The van der Waals surface area contributed by atoms with Gasteiger partial charge in [0.05, 0.1) is 17.5 Å². The van der Waals surface area contributed by atoms with Gasteiger partial charge in [-0.25, -0.2) is 19.7 Å². The number of benzene rings is 1. The van der Waals surface area contributed by atoms with Crippen LogP contribution in [0.3, 0.4) is 0 Å². The summed E-state index contributed by atoms with van der Waals surface area (Å²) in [6.45, 7) is 1.47. The van der Waals surface area contributed by atoms with E-state index in [0.29, 0.717) is 28.8 Å². The number of imidazole rings is 1. The molecule has 1 aliphatic rings. The summed E-state index contributed by atoms with van der Waals surface area (Å²) in [5.74, 6) is 4.44. The van der Waals surface area contributed by atoms with E-state index in [1.54, 1.807) is 16.8 Å². The van der Waals surface area contributed by atoms with Gasteiger partial charge >= 0.3 is 0 Å². The minimum atomic E-state index is -0.682. The van der Waals surface area contributed by atoms with Crippen molar-refractivity contribution in [1.82, 2.24) is 20.0 Å². The van der Waals surface area contributed by atoms with Gasteiger partial charge in [0.2, 0.25) is 0 Å². The Labute approximate surface area is 154 Å². The second-order valence-electron chi connectivity index (χ2n) is 6.33. The zero-order chi connectivity index (χ0) is 18.8. The molecule has 1 aromatic carbocycles. The van der Waals surface area contributed by atoms with E-state index in [-0.39, 0.29) is 5.56 Å². The molecule has 0 unspecified atom stereocenters. The van der Waals surface area contributed by atoms with Crippen molar-refractivity contribution in [2.45, 2.75) is 18.9 Å². The van der Waals surface area contributed by atoms with Gasteiger partial charge in [-0.1, -0.05) is 6.07 Å². The van der Waals surface area contributed by atoms with Gasteiger partial charge in [-0.05, 0) is 37.1 Å². The minimum absolute atomic E-state index is 0.120. The van der Waals surface area contributed by atoms with Crippen molar-refractivity contribution < 1.29 is 13.9 Å². The van der Waals surface area contributed by atoms with Crippen LogP contribution in [0.1, 0.15) is 23.2 Å². The SMILES string of the molecule is NNC(=O)c1ccc(-c2cnc3ccc(NC4CCOCC4)nn23)cc1F. The standard InChI is InChI=1S/C18H19FN6O2/c19-14-9-11(1-2-13(14)18(26)23-20)15-10-21-17-4-3-16(24-25(15)17)22-12-5-7-27-8-6-12/h1-4,9-10,12H,5-8,20H2,(H,22,24)(H,23,26). The van der Waals surface area contributed by atoms with Gasteiger partial charge in [-0.15, -0.1) is 5.10 Å². The predicted molar refractivity (Wildman–Crippen MR) is 97.5 cm³/mol. The number of carbonyl (C=O) groups is 1. The highest BCUT2D eigenvalue weighted by Gasteiger charge is 2.16. The highest BCUT2D eigenvalue weighted by molar-refractivity contribution is 5.94. The first-order valence-corrected chi connectivity index (χ1v) is 8.65. The van der Waals surface area contributed by atoms with E-state index in [2.05, 4.69) is 15.4 Å². The van der Waals surface area contributed by atoms with Crippen LogP contribution in [0.4, 0.5) is 10.2 Å². The largest absolute Gasteiger partial charge is 0.381 e. The number of nitrogens with one attached hydrogen (secondary N) is 2. The number of rotatable bonds is 4. The predicted octanol–water partition coefficient (Wildman–Crippen LogP) is 1.73. The van der Waals surface area contributed by atoms with Crippen molar-refractivity contribution in [2.24, 2.45) is 5.84 Å². The number of hydrazine groups is 1. The molecule has 1 amide bonds. The lowest BCUT2D eigenvalue weighted by Gasteiger charge is -2.23. The van der Waals surface area contributed by atoms with Gasteiger partial charge in [0.15, 0.2) is 5.65 Å². The number of amides is 1. The van der Waals surface area contributed by atoms with Crippen molar-refractivity contribution >= 4 is 17.4 Å². The smallest absolute Gasteiger partial charge is 0.268 e. The minimum Gasteiger partial charge on any atom is -0.381 e. The lowest BCUT2D eigenvalue weighted by Crippen LogP contribution is -2.30. The lowest BCUT2D eigenvalue weighted by molar-refractivity contribution is 0.0903. The summed E-state index contributed by atoms with van der Waals surface area (Å²) in [7, 11) is 0. The molecule has 1 aliphatic heterocycles. The first kappa shape index (κ1) is 17.4. The fraction of sp³-hybridized carbons (Fsp3) is 0.278. The van der Waals surface area contributed by atoms with Crippen LogP contribution in [0.15, 0.2) is 36.5 Å². The maximum Gasteiger partial charge on any atom is 0.268 e. The van der Waals surface area contributed by atoms with Crippen molar-refractivity contribution in [1.29, 1.82) is 0 Å². The fourth-order valence-electron chi connectivity index (χ4n) is 3.13. The molecule has 1 fully saturated rings. The van der Waals surface area contributed by atoms with Crippen LogP contribution < -0.4 is 16.6 Å². The molecule has 4 rings (SSSR count). The Morgan fingerprint density at radius 1 is 1.26 bits per heavy atom. The van der Waals surface area contributed by atoms with Gasteiger partial charge in [0.1, 0.15) is 11.6 Å². The van der Waals surface area contributed by atoms with E-state index >= 15 is 0 Å². The van der Waals surface area contributed by atoms with E-state index in [1.165, 1.54) is 12.1 Å². The third-order valence-electron chi connectivity index (χ3n) is 4.58. The Bertz CT molecular complexity index is 983. The Hall–Kier alpha value is -3.04.